The molecule has 0 saturated heterocycles. The topological polar surface area (TPSA) is 89.2 Å². The number of hydrogen-bond donors (Lipinski definition) is 1. The number of anilines is 1. The van der Waals surface area contributed by atoms with Crippen molar-refractivity contribution < 1.29 is 8.42 Å². The second kappa shape index (κ2) is 6.02. The molecule has 2 aromatic carbocycles. The molecule has 0 aliphatic rings. The minimum Gasteiger partial charge on any atom is -0.365 e. The summed E-state index contributed by atoms with van der Waals surface area (Å²) in [6, 6.07) is 15.7. The molecule has 0 atom stereocenters. The maximum Gasteiger partial charge on any atom is 0.229 e. The number of fused-ring (bicyclic) bond motifs is 3. The molecule has 2 aromatic heterocycles. The fourth-order valence-electron chi connectivity index (χ4n) is 2.88. The van der Waals surface area contributed by atoms with Crippen molar-refractivity contribution in [2.24, 2.45) is 0 Å². The van der Waals surface area contributed by atoms with Crippen LogP contribution in [0.1, 0.15) is 20.8 Å². The van der Waals surface area contributed by atoms with Crippen molar-refractivity contribution in [1.82, 2.24) is 19.8 Å². The van der Waals surface area contributed by atoms with Gasteiger partial charge in [0.1, 0.15) is 5.82 Å². The molecule has 138 valence electrons. The number of aromatic nitrogens is 4. The van der Waals surface area contributed by atoms with E-state index in [1.54, 1.807) is 18.2 Å². The van der Waals surface area contributed by atoms with Gasteiger partial charge in [0.05, 0.1) is 10.4 Å². The van der Waals surface area contributed by atoms with Crippen LogP contribution in [0.5, 0.6) is 0 Å². The Bertz CT molecular complexity index is 1240. The second-order valence-corrected chi connectivity index (χ2v) is 9.16. The summed E-state index contributed by atoms with van der Waals surface area (Å²) in [5.41, 5.74) is 0.681. The largest absolute Gasteiger partial charge is 0.365 e. The van der Waals surface area contributed by atoms with E-state index in [0.29, 0.717) is 5.82 Å². The van der Waals surface area contributed by atoms with Gasteiger partial charge in [0.15, 0.2) is 5.65 Å². The third-order valence-electron chi connectivity index (χ3n) is 4.02. The van der Waals surface area contributed by atoms with Gasteiger partial charge in [0.25, 0.3) is 0 Å². The molecule has 0 saturated carbocycles. The molecule has 0 bridgehead atoms. The number of nitrogens with one attached hydrogen (secondary N) is 1. The molecule has 0 aliphatic heterocycles. The van der Waals surface area contributed by atoms with Crippen LogP contribution in [-0.4, -0.2) is 33.8 Å². The van der Waals surface area contributed by atoms with Crippen LogP contribution in [0.3, 0.4) is 0 Å². The van der Waals surface area contributed by atoms with Crippen molar-refractivity contribution in [2.45, 2.75) is 36.2 Å². The van der Waals surface area contributed by atoms with Crippen LogP contribution in [0, 0.1) is 0 Å². The second-order valence-electron chi connectivity index (χ2n) is 7.30. The lowest BCUT2D eigenvalue weighted by Crippen LogP contribution is -2.27. The molecular weight excluding hydrogens is 362 g/mol. The van der Waals surface area contributed by atoms with Gasteiger partial charge in [-0.15, -0.1) is 5.10 Å². The number of nitrogens with zero attached hydrogens (tertiary/aromatic N) is 4. The van der Waals surface area contributed by atoms with Gasteiger partial charge in [-0.3, -0.25) is 0 Å². The van der Waals surface area contributed by atoms with Crippen molar-refractivity contribution in [3.05, 3.63) is 54.6 Å². The molecule has 0 aliphatic carbocycles. The summed E-state index contributed by atoms with van der Waals surface area (Å²) in [6.07, 6.45) is 0. The van der Waals surface area contributed by atoms with Crippen LogP contribution in [0.4, 0.5) is 5.82 Å². The van der Waals surface area contributed by atoms with Crippen LogP contribution < -0.4 is 5.32 Å². The number of rotatable bonds is 3. The van der Waals surface area contributed by atoms with E-state index in [0.717, 1.165) is 10.9 Å². The molecule has 0 radical (unpaired) electrons. The van der Waals surface area contributed by atoms with E-state index < -0.39 is 9.84 Å². The lowest BCUT2D eigenvalue weighted by molar-refractivity contribution is 0.592. The van der Waals surface area contributed by atoms with Gasteiger partial charge in [-0.2, -0.15) is 4.52 Å². The minimum absolute atomic E-state index is 0.156. The Morgan fingerprint density at radius 3 is 2.33 bits per heavy atom. The van der Waals surface area contributed by atoms with Gasteiger partial charge >= 0.3 is 0 Å². The zero-order valence-corrected chi connectivity index (χ0v) is 16.0. The van der Waals surface area contributed by atoms with Crippen molar-refractivity contribution in [3.63, 3.8) is 0 Å². The first-order valence-electron chi connectivity index (χ1n) is 8.50. The third kappa shape index (κ3) is 3.02. The Hall–Kier alpha value is -3.00. The summed E-state index contributed by atoms with van der Waals surface area (Å²) in [6.45, 7) is 6.05. The Morgan fingerprint density at radius 1 is 0.963 bits per heavy atom. The molecule has 1 N–H and O–H groups in total. The number of benzene rings is 2. The standard InChI is InChI=1S/C19H19N5O2S/c1-19(2,3)21-16-14-11-7-8-12-15(14)24-17(20-16)18(22-23-24)27(25,26)13-9-5-4-6-10-13/h4-12H,1-3H3,(H,20,21). The van der Waals surface area contributed by atoms with Gasteiger partial charge in [0, 0.05) is 10.9 Å². The van der Waals surface area contributed by atoms with Gasteiger partial charge in [-0.1, -0.05) is 35.5 Å². The molecule has 2 heterocycles. The summed E-state index contributed by atoms with van der Waals surface area (Å²) >= 11 is 0. The summed E-state index contributed by atoms with van der Waals surface area (Å²) in [7, 11) is -3.84. The summed E-state index contributed by atoms with van der Waals surface area (Å²) < 4.78 is 27.6. The zero-order valence-electron chi connectivity index (χ0n) is 15.2. The van der Waals surface area contributed by atoms with Crippen LogP contribution in [-0.2, 0) is 9.84 Å². The van der Waals surface area contributed by atoms with Crippen molar-refractivity contribution >= 4 is 32.2 Å². The first-order valence-corrected chi connectivity index (χ1v) is 9.98. The monoisotopic (exact) mass is 381 g/mol. The average molecular weight is 381 g/mol. The fourth-order valence-corrected chi connectivity index (χ4v) is 4.14. The van der Waals surface area contributed by atoms with E-state index in [9.17, 15) is 8.42 Å². The Balaban J connectivity index is 2.03. The highest BCUT2D eigenvalue weighted by molar-refractivity contribution is 7.91. The highest BCUT2D eigenvalue weighted by atomic mass is 32.2. The average Bonchev–Trinajstić information content (AvgIpc) is 3.06. The zero-order chi connectivity index (χ0) is 19.2. The molecule has 0 fully saturated rings. The lowest BCUT2D eigenvalue weighted by Gasteiger charge is -2.22. The maximum atomic E-state index is 13.1. The van der Waals surface area contributed by atoms with Gasteiger partial charge < -0.3 is 5.32 Å². The van der Waals surface area contributed by atoms with Crippen molar-refractivity contribution in [2.75, 3.05) is 5.32 Å². The van der Waals surface area contributed by atoms with Crippen molar-refractivity contribution in [1.29, 1.82) is 0 Å². The summed E-state index contributed by atoms with van der Waals surface area (Å²) in [4.78, 5) is 4.75. The molecule has 0 spiro atoms. The molecule has 0 unspecified atom stereocenters. The van der Waals surface area contributed by atoms with Crippen LogP contribution in [0.15, 0.2) is 64.5 Å². The van der Waals surface area contributed by atoms with Gasteiger partial charge in [-0.25, -0.2) is 13.4 Å². The Kier molecular flexibility index (Phi) is 3.88. The number of para-hydroxylation sites is 1. The van der Waals surface area contributed by atoms with Crippen LogP contribution >= 0.6 is 0 Å². The SMILES string of the molecule is CC(C)(C)Nc1nc2c(S(=O)(=O)c3ccccc3)nnn2c2ccccc12. The van der Waals surface area contributed by atoms with E-state index in [-0.39, 0.29) is 21.1 Å². The van der Waals surface area contributed by atoms with E-state index in [2.05, 4.69) is 20.6 Å². The smallest absolute Gasteiger partial charge is 0.229 e. The number of sulfone groups is 1. The molecule has 7 nitrogen and oxygen atoms in total. The maximum absolute atomic E-state index is 13.1. The first-order chi connectivity index (χ1) is 12.8. The Labute approximate surface area is 157 Å². The van der Waals surface area contributed by atoms with Crippen LogP contribution in [0.25, 0.3) is 16.6 Å². The van der Waals surface area contributed by atoms with E-state index >= 15 is 0 Å². The molecule has 27 heavy (non-hydrogen) atoms. The normalized spacial score (nSPS) is 12.6. The highest BCUT2D eigenvalue weighted by Gasteiger charge is 2.27. The highest BCUT2D eigenvalue weighted by Crippen LogP contribution is 2.29. The van der Waals surface area contributed by atoms with E-state index in [1.807, 2.05) is 45.0 Å². The summed E-state index contributed by atoms with van der Waals surface area (Å²) in [5.74, 6) is 0.595. The number of hydrogen-bond acceptors (Lipinski definition) is 6. The molecule has 4 aromatic rings. The van der Waals surface area contributed by atoms with Gasteiger partial charge in [-0.05, 0) is 45.0 Å². The van der Waals surface area contributed by atoms with Gasteiger partial charge in [0.2, 0.25) is 14.9 Å². The van der Waals surface area contributed by atoms with E-state index in [1.165, 1.54) is 16.6 Å². The molecule has 4 rings (SSSR count). The Morgan fingerprint density at radius 2 is 1.63 bits per heavy atom. The molecular formula is C19H19N5O2S. The predicted octanol–water partition coefficient (Wildman–Crippen LogP) is 3.32. The van der Waals surface area contributed by atoms with E-state index in [4.69, 9.17) is 0 Å². The first kappa shape index (κ1) is 17.4. The lowest BCUT2D eigenvalue weighted by atomic mass is 10.1. The predicted molar refractivity (Wildman–Crippen MR) is 104 cm³/mol. The van der Waals surface area contributed by atoms with Crippen LogP contribution in [0.2, 0.25) is 0 Å². The quantitative estimate of drug-likeness (QED) is 0.586. The third-order valence-corrected chi connectivity index (χ3v) is 5.69. The summed E-state index contributed by atoms with van der Waals surface area (Å²) in [5, 5.41) is 12.1. The van der Waals surface area contributed by atoms with Crippen molar-refractivity contribution in [3.8, 4) is 0 Å². The fraction of sp³-hybridized carbons (Fsp3) is 0.211. The molecule has 0 amide bonds. The minimum atomic E-state index is -3.84. The molecule has 8 heteroatoms.